The van der Waals surface area contributed by atoms with E-state index in [1.54, 1.807) is 0 Å². The number of carbonyl (C=O) groups is 1. The van der Waals surface area contributed by atoms with Crippen molar-refractivity contribution in [1.29, 1.82) is 0 Å². The molecule has 3 heteroatoms. The molecule has 1 aliphatic heterocycles. The Bertz CT molecular complexity index is 182. The van der Waals surface area contributed by atoms with E-state index < -0.39 is 0 Å². The van der Waals surface area contributed by atoms with Crippen molar-refractivity contribution in [2.45, 2.75) is 12.8 Å². The number of hydrogen-bond acceptors (Lipinski definition) is 2. The van der Waals surface area contributed by atoms with Crippen molar-refractivity contribution in [1.82, 2.24) is 5.06 Å². The first kappa shape index (κ1) is 6.90. The van der Waals surface area contributed by atoms with Crippen molar-refractivity contribution in [2.24, 2.45) is 0 Å². The second-order valence-electron chi connectivity index (χ2n) is 2.03. The van der Waals surface area contributed by atoms with E-state index in [9.17, 15) is 4.79 Å². The van der Waals surface area contributed by atoms with Gasteiger partial charge in [-0.2, -0.15) is 5.06 Å². The second-order valence-corrected chi connectivity index (χ2v) is 2.03. The summed E-state index contributed by atoms with van der Waals surface area (Å²) >= 11 is 0. The summed E-state index contributed by atoms with van der Waals surface area (Å²) in [4.78, 5) is 15.7. The van der Waals surface area contributed by atoms with Crippen LogP contribution in [0.1, 0.15) is 12.8 Å². The van der Waals surface area contributed by atoms with Crippen molar-refractivity contribution < 1.29 is 9.63 Å². The fourth-order valence-corrected chi connectivity index (χ4v) is 0.836. The summed E-state index contributed by atoms with van der Waals surface area (Å²) in [5, 5.41) is 1.32. The van der Waals surface area contributed by atoms with Crippen LogP contribution in [0.3, 0.4) is 0 Å². The highest BCUT2D eigenvalue weighted by atomic mass is 16.7. The molecule has 10 heavy (non-hydrogen) atoms. The average Bonchev–Trinajstić information content (AvgIpc) is 2.31. The van der Waals surface area contributed by atoms with Gasteiger partial charge in [-0.3, -0.25) is 4.79 Å². The SMILES string of the molecule is C=C=CON1CCCC1=O. The average molecular weight is 139 g/mol. The Kier molecular flexibility index (Phi) is 2.13. The van der Waals surface area contributed by atoms with Gasteiger partial charge < -0.3 is 4.84 Å². The number of rotatable bonds is 2. The Hall–Kier alpha value is -1.21. The lowest BCUT2D eigenvalue weighted by Crippen LogP contribution is -2.22. The van der Waals surface area contributed by atoms with Crippen molar-refractivity contribution in [3.63, 3.8) is 0 Å². The number of hydroxylamine groups is 2. The van der Waals surface area contributed by atoms with Crippen LogP contribution in [0.2, 0.25) is 0 Å². The minimum absolute atomic E-state index is 0.0338. The Morgan fingerprint density at radius 3 is 3.10 bits per heavy atom. The van der Waals surface area contributed by atoms with Gasteiger partial charge in [0.25, 0.3) is 5.91 Å². The van der Waals surface area contributed by atoms with E-state index in [1.807, 2.05) is 0 Å². The fraction of sp³-hybridized carbons (Fsp3) is 0.429. The van der Waals surface area contributed by atoms with Crippen LogP contribution in [0.4, 0.5) is 0 Å². The highest BCUT2D eigenvalue weighted by Gasteiger charge is 2.20. The van der Waals surface area contributed by atoms with Gasteiger partial charge in [0, 0.05) is 6.42 Å². The van der Waals surface area contributed by atoms with Crippen molar-refractivity contribution >= 4 is 5.91 Å². The van der Waals surface area contributed by atoms with Crippen LogP contribution < -0.4 is 0 Å². The molecule has 0 N–H and O–H groups in total. The van der Waals surface area contributed by atoms with E-state index >= 15 is 0 Å². The van der Waals surface area contributed by atoms with E-state index in [0.717, 1.165) is 6.42 Å². The lowest BCUT2D eigenvalue weighted by Gasteiger charge is -2.10. The van der Waals surface area contributed by atoms with E-state index in [-0.39, 0.29) is 5.91 Å². The van der Waals surface area contributed by atoms with Crippen LogP contribution in [0.5, 0.6) is 0 Å². The van der Waals surface area contributed by atoms with Crippen LogP contribution in [-0.4, -0.2) is 17.5 Å². The molecule has 0 aromatic carbocycles. The fourth-order valence-electron chi connectivity index (χ4n) is 0.836. The monoisotopic (exact) mass is 139 g/mol. The molecular weight excluding hydrogens is 130 g/mol. The minimum atomic E-state index is 0.0338. The van der Waals surface area contributed by atoms with Gasteiger partial charge in [0.1, 0.15) is 0 Å². The van der Waals surface area contributed by atoms with E-state index in [4.69, 9.17) is 4.84 Å². The van der Waals surface area contributed by atoms with Crippen LogP contribution in [0.15, 0.2) is 18.6 Å². The van der Waals surface area contributed by atoms with Crippen LogP contribution in [0, 0.1) is 0 Å². The molecule has 0 aromatic heterocycles. The molecule has 0 atom stereocenters. The van der Waals surface area contributed by atoms with Crippen LogP contribution in [0.25, 0.3) is 0 Å². The van der Waals surface area contributed by atoms with Gasteiger partial charge in [0.15, 0.2) is 6.26 Å². The molecule has 1 heterocycles. The third-order valence-corrected chi connectivity index (χ3v) is 1.29. The lowest BCUT2D eigenvalue weighted by molar-refractivity contribution is -0.159. The number of carbonyl (C=O) groups excluding carboxylic acids is 1. The second kappa shape index (κ2) is 3.08. The molecule has 3 nitrogen and oxygen atoms in total. The number of hydrogen-bond donors (Lipinski definition) is 0. The number of amides is 1. The maximum absolute atomic E-state index is 10.8. The van der Waals surface area contributed by atoms with Gasteiger partial charge in [0.2, 0.25) is 0 Å². The molecule has 0 saturated carbocycles. The van der Waals surface area contributed by atoms with Gasteiger partial charge in [0.05, 0.1) is 6.54 Å². The third kappa shape index (κ3) is 1.39. The zero-order valence-corrected chi connectivity index (χ0v) is 5.67. The smallest absolute Gasteiger partial charge is 0.255 e. The Balaban J connectivity index is 2.40. The van der Waals surface area contributed by atoms with Crippen molar-refractivity contribution in [3.8, 4) is 0 Å². The predicted molar refractivity (Wildman–Crippen MR) is 35.7 cm³/mol. The quantitative estimate of drug-likeness (QED) is 0.419. The highest BCUT2D eigenvalue weighted by molar-refractivity contribution is 5.76. The molecule has 1 saturated heterocycles. The Morgan fingerprint density at radius 1 is 1.80 bits per heavy atom. The summed E-state index contributed by atoms with van der Waals surface area (Å²) in [5.41, 5.74) is 2.42. The molecule has 54 valence electrons. The molecule has 1 amide bonds. The summed E-state index contributed by atoms with van der Waals surface area (Å²) in [6.45, 7) is 3.98. The van der Waals surface area contributed by atoms with Gasteiger partial charge in [-0.05, 0) is 6.42 Å². The maximum atomic E-state index is 10.8. The Labute approximate surface area is 59.5 Å². The van der Waals surface area contributed by atoms with Gasteiger partial charge >= 0.3 is 0 Å². The van der Waals surface area contributed by atoms with Gasteiger partial charge in [-0.1, -0.05) is 12.3 Å². The van der Waals surface area contributed by atoms with Gasteiger partial charge in [-0.25, -0.2) is 0 Å². The lowest BCUT2D eigenvalue weighted by atomic mass is 10.4. The van der Waals surface area contributed by atoms with E-state index in [0.29, 0.717) is 13.0 Å². The molecule has 0 spiro atoms. The van der Waals surface area contributed by atoms with Crippen LogP contribution >= 0.6 is 0 Å². The molecular formula is C7H9NO2. The highest BCUT2D eigenvalue weighted by Crippen LogP contribution is 2.09. The Morgan fingerprint density at radius 2 is 2.60 bits per heavy atom. The zero-order valence-electron chi connectivity index (χ0n) is 5.67. The standard InChI is InChI=1S/C7H9NO2/c1-2-6-10-8-5-3-4-7(8)9/h6H,1,3-5H2. The molecule has 0 aromatic rings. The third-order valence-electron chi connectivity index (χ3n) is 1.29. The van der Waals surface area contributed by atoms with Crippen LogP contribution in [-0.2, 0) is 9.63 Å². The summed E-state index contributed by atoms with van der Waals surface area (Å²) in [7, 11) is 0. The molecule has 1 rings (SSSR count). The number of nitrogens with zero attached hydrogens (tertiary/aromatic N) is 1. The molecule has 1 aliphatic rings. The predicted octanol–water partition coefficient (Wildman–Crippen LogP) is 0.839. The topological polar surface area (TPSA) is 29.5 Å². The maximum Gasteiger partial charge on any atom is 0.255 e. The first-order valence-electron chi connectivity index (χ1n) is 3.16. The zero-order chi connectivity index (χ0) is 7.40. The first-order valence-corrected chi connectivity index (χ1v) is 3.16. The molecule has 0 aliphatic carbocycles. The largest absolute Gasteiger partial charge is 0.376 e. The molecule has 0 bridgehead atoms. The molecule has 1 fully saturated rings. The summed E-state index contributed by atoms with van der Waals surface area (Å²) in [5.74, 6) is 0.0338. The first-order chi connectivity index (χ1) is 4.84. The minimum Gasteiger partial charge on any atom is -0.376 e. The van der Waals surface area contributed by atoms with Crippen molar-refractivity contribution in [3.05, 3.63) is 18.6 Å². The molecule has 0 radical (unpaired) electrons. The summed E-state index contributed by atoms with van der Waals surface area (Å²) in [6.07, 6.45) is 2.75. The van der Waals surface area contributed by atoms with Crippen molar-refractivity contribution in [2.75, 3.05) is 6.54 Å². The van der Waals surface area contributed by atoms with Gasteiger partial charge in [-0.15, -0.1) is 0 Å². The van der Waals surface area contributed by atoms with E-state index in [1.165, 1.54) is 11.3 Å². The van der Waals surface area contributed by atoms with E-state index in [2.05, 4.69) is 12.3 Å². The normalized spacial score (nSPS) is 16.8. The molecule has 0 unspecified atom stereocenters. The summed E-state index contributed by atoms with van der Waals surface area (Å²) in [6, 6.07) is 0. The summed E-state index contributed by atoms with van der Waals surface area (Å²) < 4.78 is 0.